The number of aliphatic imine (C=N–C) groups is 1. The third-order valence-electron chi connectivity index (χ3n) is 4.74. The lowest BCUT2D eigenvalue weighted by Gasteiger charge is -2.13. The summed E-state index contributed by atoms with van der Waals surface area (Å²) in [5.74, 6) is 0.890. The molecule has 1 heterocycles. The van der Waals surface area contributed by atoms with Crippen LogP contribution in [0.5, 0.6) is 11.5 Å². The second kappa shape index (κ2) is 9.18. The predicted molar refractivity (Wildman–Crippen MR) is 123 cm³/mol. The first-order valence-corrected chi connectivity index (χ1v) is 10.5. The molecule has 0 spiro atoms. The fourth-order valence-corrected chi connectivity index (χ4v) is 3.34. The number of para-hydroxylation sites is 1. The Balaban J connectivity index is 1.64. The van der Waals surface area contributed by atoms with E-state index in [4.69, 9.17) is 14.2 Å². The van der Waals surface area contributed by atoms with Crippen molar-refractivity contribution in [1.82, 2.24) is 0 Å². The van der Waals surface area contributed by atoms with Crippen LogP contribution in [0.2, 0.25) is 0 Å². The zero-order valence-corrected chi connectivity index (χ0v) is 18.7. The molecule has 0 unspecified atom stereocenters. The summed E-state index contributed by atoms with van der Waals surface area (Å²) in [6, 6.07) is 21.0. The van der Waals surface area contributed by atoms with Gasteiger partial charge in [-0.05, 0) is 48.9 Å². The Hall–Kier alpha value is -3.38. The number of carbonyl (C=O) groups excluding carboxylic acids is 1. The molecule has 6 heteroatoms. The molecule has 5 nitrogen and oxygen atoms in total. The minimum absolute atomic E-state index is 0.206. The van der Waals surface area contributed by atoms with Gasteiger partial charge in [-0.2, -0.15) is 0 Å². The van der Waals surface area contributed by atoms with E-state index in [-0.39, 0.29) is 11.6 Å². The van der Waals surface area contributed by atoms with E-state index in [0.29, 0.717) is 23.7 Å². The number of nitrogens with zero attached hydrogens (tertiary/aromatic N) is 1. The molecular weight excluding hydrogens is 458 g/mol. The first kappa shape index (κ1) is 20.9. The molecule has 0 bridgehead atoms. The van der Waals surface area contributed by atoms with E-state index >= 15 is 0 Å². The highest BCUT2D eigenvalue weighted by atomic mass is 79.9. The molecule has 4 rings (SSSR count). The summed E-state index contributed by atoms with van der Waals surface area (Å²) in [4.78, 5) is 16.8. The van der Waals surface area contributed by atoms with Crippen molar-refractivity contribution < 1.29 is 19.0 Å². The smallest absolute Gasteiger partial charge is 0.363 e. The van der Waals surface area contributed by atoms with Crippen molar-refractivity contribution in [3.63, 3.8) is 0 Å². The first-order chi connectivity index (χ1) is 15.0. The zero-order valence-electron chi connectivity index (χ0n) is 17.1. The zero-order chi connectivity index (χ0) is 21.8. The van der Waals surface area contributed by atoms with Crippen molar-refractivity contribution in [2.45, 2.75) is 13.5 Å². The number of ether oxygens (including phenoxy) is 3. The molecule has 31 heavy (non-hydrogen) atoms. The summed E-state index contributed by atoms with van der Waals surface area (Å²) in [6.45, 7) is 2.35. The van der Waals surface area contributed by atoms with Crippen molar-refractivity contribution in [3.05, 3.63) is 99.2 Å². The van der Waals surface area contributed by atoms with Crippen LogP contribution in [0.1, 0.15) is 22.3 Å². The van der Waals surface area contributed by atoms with Gasteiger partial charge in [-0.1, -0.05) is 57.9 Å². The monoisotopic (exact) mass is 477 g/mol. The molecular formula is C25H20BrNO4. The van der Waals surface area contributed by atoms with E-state index in [1.807, 2.05) is 73.7 Å². The Labute approximate surface area is 189 Å². The fraction of sp³-hybridized carbons (Fsp3) is 0.120. The molecule has 0 amide bonds. The van der Waals surface area contributed by atoms with Crippen LogP contribution >= 0.6 is 15.9 Å². The van der Waals surface area contributed by atoms with E-state index in [1.54, 1.807) is 13.2 Å². The van der Waals surface area contributed by atoms with Gasteiger partial charge in [0.15, 0.2) is 17.2 Å². The molecule has 3 aromatic carbocycles. The van der Waals surface area contributed by atoms with Gasteiger partial charge >= 0.3 is 5.97 Å². The summed E-state index contributed by atoms with van der Waals surface area (Å²) in [5.41, 5.74) is 3.76. The molecule has 3 aromatic rings. The van der Waals surface area contributed by atoms with Crippen LogP contribution in [0.15, 0.2) is 81.9 Å². The number of benzene rings is 3. The topological polar surface area (TPSA) is 57.1 Å². The molecule has 156 valence electrons. The first-order valence-electron chi connectivity index (χ1n) is 9.67. The van der Waals surface area contributed by atoms with E-state index < -0.39 is 5.97 Å². The van der Waals surface area contributed by atoms with Crippen LogP contribution in [-0.4, -0.2) is 19.0 Å². The van der Waals surface area contributed by atoms with Gasteiger partial charge in [0.25, 0.3) is 0 Å². The summed E-state index contributed by atoms with van der Waals surface area (Å²) in [6.07, 6.45) is 1.66. The number of rotatable bonds is 6. The van der Waals surface area contributed by atoms with Crippen LogP contribution < -0.4 is 9.47 Å². The molecule has 0 fully saturated rings. The number of hydrogen-bond donors (Lipinski definition) is 0. The van der Waals surface area contributed by atoms with E-state index in [1.165, 1.54) is 0 Å². The van der Waals surface area contributed by atoms with Gasteiger partial charge in [0.2, 0.25) is 5.90 Å². The van der Waals surface area contributed by atoms with Crippen LogP contribution in [0.25, 0.3) is 6.08 Å². The van der Waals surface area contributed by atoms with Crippen molar-refractivity contribution in [3.8, 4) is 11.5 Å². The molecule has 0 radical (unpaired) electrons. The van der Waals surface area contributed by atoms with Gasteiger partial charge in [0.05, 0.1) is 7.11 Å². The molecule has 1 aliphatic rings. The minimum atomic E-state index is -0.503. The largest absolute Gasteiger partial charge is 0.493 e. The number of methoxy groups -OCH3 is 1. The third kappa shape index (κ3) is 4.86. The van der Waals surface area contributed by atoms with Gasteiger partial charge in [-0.3, -0.25) is 0 Å². The number of esters is 1. The van der Waals surface area contributed by atoms with Crippen molar-refractivity contribution in [2.75, 3.05) is 7.11 Å². The van der Waals surface area contributed by atoms with Crippen molar-refractivity contribution >= 4 is 33.9 Å². The average molecular weight is 478 g/mol. The van der Waals surface area contributed by atoms with E-state index in [9.17, 15) is 4.79 Å². The van der Waals surface area contributed by atoms with E-state index in [2.05, 4.69) is 20.9 Å². The van der Waals surface area contributed by atoms with Gasteiger partial charge in [0, 0.05) is 15.6 Å². The Morgan fingerprint density at radius 3 is 2.48 bits per heavy atom. The summed E-state index contributed by atoms with van der Waals surface area (Å²) >= 11 is 3.43. The Morgan fingerprint density at radius 1 is 1.03 bits per heavy atom. The summed E-state index contributed by atoms with van der Waals surface area (Å²) < 4.78 is 17.9. The van der Waals surface area contributed by atoms with Crippen LogP contribution in [-0.2, 0) is 16.1 Å². The predicted octanol–water partition coefficient (Wildman–Crippen LogP) is 5.69. The number of halogens is 1. The maximum atomic E-state index is 12.4. The summed E-state index contributed by atoms with van der Waals surface area (Å²) in [5, 5.41) is 0. The molecule has 0 N–H and O–H groups in total. The summed E-state index contributed by atoms with van der Waals surface area (Å²) in [7, 11) is 1.58. The van der Waals surface area contributed by atoms with Gasteiger partial charge in [-0.15, -0.1) is 0 Å². The van der Waals surface area contributed by atoms with Gasteiger partial charge in [-0.25, -0.2) is 9.79 Å². The lowest BCUT2D eigenvalue weighted by atomic mass is 10.1. The quantitative estimate of drug-likeness (QED) is 0.338. The molecule has 1 aliphatic heterocycles. The van der Waals surface area contributed by atoms with Gasteiger partial charge < -0.3 is 14.2 Å². The Morgan fingerprint density at radius 2 is 1.77 bits per heavy atom. The lowest BCUT2D eigenvalue weighted by Crippen LogP contribution is -2.05. The normalized spacial score (nSPS) is 14.4. The highest BCUT2D eigenvalue weighted by Gasteiger charge is 2.25. The maximum Gasteiger partial charge on any atom is 0.363 e. The fourth-order valence-electron chi connectivity index (χ4n) is 3.07. The second-order valence-corrected chi connectivity index (χ2v) is 7.91. The highest BCUT2D eigenvalue weighted by Crippen LogP contribution is 2.34. The average Bonchev–Trinajstić information content (AvgIpc) is 3.14. The number of carbonyl (C=O) groups is 1. The SMILES string of the molecule is COc1cccc(/C=C2/N=C(c3ccc(C)cc3)OC2=O)c1OCc1ccc(Br)cc1. The lowest BCUT2D eigenvalue weighted by molar-refractivity contribution is -0.129. The van der Waals surface area contributed by atoms with Crippen molar-refractivity contribution in [1.29, 1.82) is 0 Å². The minimum Gasteiger partial charge on any atom is -0.493 e. The second-order valence-electron chi connectivity index (χ2n) is 7.00. The number of aryl methyl sites for hydroxylation is 1. The van der Waals surface area contributed by atoms with E-state index in [0.717, 1.165) is 21.2 Å². The third-order valence-corrected chi connectivity index (χ3v) is 5.27. The van der Waals surface area contributed by atoms with Crippen LogP contribution in [0, 0.1) is 6.92 Å². The Bertz CT molecular complexity index is 1170. The molecule has 0 aromatic heterocycles. The standard InChI is InChI=1S/C25H20BrNO4/c1-16-6-10-18(11-7-16)24-27-21(25(28)31-24)14-19-4-3-5-22(29-2)23(19)30-15-17-8-12-20(26)13-9-17/h3-14H,15H2,1-2H3/b21-14+. The molecule has 0 atom stereocenters. The van der Waals surface area contributed by atoms with Crippen molar-refractivity contribution in [2.24, 2.45) is 4.99 Å². The van der Waals surface area contributed by atoms with Gasteiger partial charge in [0.1, 0.15) is 6.61 Å². The number of cyclic esters (lactones) is 1. The molecule has 0 saturated carbocycles. The molecule has 0 aliphatic carbocycles. The highest BCUT2D eigenvalue weighted by molar-refractivity contribution is 9.10. The van der Waals surface area contributed by atoms with Crippen LogP contribution in [0.4, 0.5) is 0 Å². The van der Waals surface area contributed by atoms with Crippen LogP contribution in [0.3, 0.4) is 0 Å². The molecule has 0 saturated heterocycles. The Kier molecular flexibility index (Phi) is 6.18. The maximum absolute atomic E-state index is 12.4. The number of hydrogen-bond acceptors (Lipinski definition) is 5.